The van der Waals surface area contributed by atoms with E-state index < -0.39 is 11.6 Å². The molecule has 43 heavy (non-hydrogen) atoms. The number of carbonyl (C=O) groups excluding carboxylic acids is 2. The number of nitrogens with one attached hydrogen (secondary N) is 1. The number of hydrogen-bond donors (Lipinski definition) is 1. The first kappa shape index (κ1) is 33.1. The van der Waals surface area contributed by atoms with Gasteiger partial charge in [-0.05, 0) is 63.4 Å². The fourth-order valence-corrected chi connectivity index (χ4v) is 4.09. The minimum Gasteiger partial charge on any atom is -0.493 e. The average Bonchev–Trinajstić information content (AvgIpc) is 3.38. The highest BCUT2D eigenvalue weighted by Crippen LogP contribution is 2.40. The number of hydrogen-bond acceptors (Lipinski definition) is 7. The van der Waals surface area contributed by atoms with Crippen LogP contribution in [0.25, 0.3) is 22.0 Å². The number of aryl methyl sites for hydroxylation is 2. The third-order valence-corrected chi connectivity index (χ3v) is 6.77. The van der Waals surface area contributed by atoms with Gasteiger partial charge in [0.1, 0.15) is 17.8 Å². The molecule has 4 aromatic rings. The van der Waals surface area contributed by atoms with Crippen LogP contribution in [0.3, 0.4) is 0 Å². The summed E-state index contributed by atoms with van der Waals surface area (Å²) >= 11 is 0. The lowest BCUT2D eigenvalue weighted by molar-refractivity contribution is -0.185. The highest BCUT2D eigenvalue weighted by atomic mass is 19.4. The van der Waals surface area contributed by atoms with Crippen molar-refractivity contribution in [3.8, 4) is 22.6 Å². The number of halogens is 3. The van der Waals surface area contributed by atoms with Gasteiger partial charge >= 0.3 is 6.18 Å². The van der Waals surface area contributed by atoms with Gasteiger partial charge in [-0.2, -0.15) is 13.2 Å². The van der Waals surface area contributed by atoms with Crippen LogP contribution in [0.15, 0.2) is 53.2 Å². The molecule has 0 bridgehead atoms. The summed E-state index contributed by atoms with van der Waals surface area (Å²) in [6.07, 6.45) is -2.04. The Balaban J connectivity index is 0.000000326. The summed E-state index contributed by atoms with van der Waals surface area (Å²) < 4.78 is 53.1. The Hall–Kier alpha value is -4.41. The van der Waals surface area contributed by atoms with E-state index in [1.54, 1.807) is 21.0 Å². The molecular formula is C32H36F3N3O5. The normalized spacial score (nSPS) is 11.5. The second kappa shape index (κ2) is 13.7. The van der Waals surface area contributed by atoms with E-state index >= 15 is 0 Å². The summed E-state index contributed by atoms with van der Waals surface area (Å²) in [6, 6.07) is 13.2. The van der Waals surface area contributed by atoms with Crippen LogP contribution in [0.1, 0.15) is 50.3 Å². The molecule has 4 rings (SSSR count). The highest BCUT2D eigenvalue weighted by Gasteiger charge is 2.51. The van der Waals surface area contributed by atoms with E-state index in [4.69, 9.17) is 9.47 Å². The number of amides is 1. The number of aromatic nitrogens is 2. The molecule has 2 heterocycles. The Labute approximate surface area is 248 Å². The van der Waals surface area contributed by atoms with Gasteiger partial charge in [0.05, 0.1) is 24.9 Å². The summed E-state index contributed by atoms with van der Waals surface area (Å²) in [6.45, 7) is 9.55. The predicted molar refractivity (Wildman–Crippen MR) is 157 cm³/mol. The maximum atomic E-state index is 12.4. The van der Waals surface area contributed by atoms with Gasteiger partial charge in [0, 0.05) is 42.6 Å². The maximum Gasteiger partial charge on any atom is 0.401 e. The first-order valence-electron chi connectivity index (χ1n) is 13.6. The smallest absolute Gasteiger partial charge is 0.401 e. The molecule has 230 valence electrons. The molecule has 0 radical (unpaired) electrons. The Bertz CT molecular complexity index is 1600. The zero-order chi connectivity index (χ0) is 31.9. The molecular weight excluding hydrogens is 563 g/mol. The second-order valence-electron chi connectivity index (χ2n) is 10.7. The SMILES string of the molecule is COc1cc2ncc(-c3ccc(CC(C)=O)c(C)c3)cc2cc1OCCNC(C)=O.Cc1cc(C(C)(C)C(F)(F)F)on1. The summed E-state index contributed by atoms with van der Waals surface area (Å²) in [5, 5.41) is 7.05. The van der Waals surface area contributed by atoms with Crippen molar-refractivity contribution in [2.24, 2.45) is 0 Å². The summed E-state index contributed by atoms with van der Waals surface area (Å²) in [5.41, 5.74) is 3.42. The van der Waals surface area contributed by atoms with E-state index in [9.17, 15) is 22.8 Å². The van der Waals surface area contributed by atoms with E-state index in [0.29, 0.717) is 36.8 Å². The van der Waals surface area contributed by atoms with E-state index in [1.165, 1.54) is 13.0 Å². The minimum atomic E-state index is -4.32. The Morgan fingerprint density at radius 1 is 0.977 bits per heavy atom. The standard InChI is InChI=1S/C24H26N2O4.C8H10F3NO/c1-15-9-19(6-5-18(15)10-16(2)27)21-11-20-12-24(30-8-7-25-17(3)28)23(29-4)13-22(20)26-14-21;1-5-4-6(13-12-5)7(2,3)8(9,10)11/h5-6,9,11-14H,7-8,10H2,1-4H3,(H,25,28);4H,1-3H3. The van der Waals surface area contributed by atoms with Crippen LogP contribution in [-0.4, -0.2) is 48.3 Å². The molecule has 2 aromatic heterocycles. The number of ketones is 1. The van der Waals surface area contributed by atoms with Crippen LogP contribution in [0.5, 0.6) is 11.5 Å². The molecule has 0 fully saturated rings. The van der Waals surface area contributed by atoms with Gasteiger partial charge in [-0.15, -0.1) is 0 Å². The quantitative estimate of drug-likeness (QED) is 0.214. The van der Waals surface area contributed by atoms with Crippen LogP contribution >= 0.6 is 0 Å². The maximum absolute atomic E-state index is 12.4. The number of alkyl halides is 3. The average molecular weight is 600 g/mol. The van der Waals surface area contributed by atoms with Crippen molar-refractivity contribution in [3.05, 3.63) is 71.2 Å². The number of benzene rings is 2. The van der Waals surface area contributed by atoms with Gasteiger partial charge in [0.2, 0.25) is 5.91 Å². The molecule has 0 atom stereocenters. The topological polar surface area (TPSA) is 104 Å². The van der Waals surface area contributed by atoms with Gasteiger partial charge in [-0.25, -0.2) is 0 Å². The van der Waals surface area contributed by atoms with E-state index in [1.807, 2.05) is 37.4 Å². The molecule has 0 aliphatic carbocycles. The molecule has 8 nitrogen and oxygen atoms in total. The Morgan fingerprint density at radius 2 is 1.70 bits per heavy atom. The van der Waals surface area contributed by atoms with Crippen LogP contribution in [0, 0.1) is 13.8 Å². The highest BCUT2D eigenvalue weighted by molar-refractivity contribution is 5.87. The number of methoxy groups -OCH3 is 1. The molecule has 2 aromatic carbocycles. The van der Waals surface area contributed by atoms with Crippen molar-refractivity contribution in [3.63, 3.8) is 0 Å². The third kappa shape index (κ3) is 8.56. The third-order valence-electron chi connectivity index (χ3n) is 6.77. The number of nitrogens with zero attached hydrogens (tertiary/aromatic N) is 2. The summed E-state index contributed by atoms with van der Waals surface area (Å²) in [7, 11) is 1.58. The van der Waals surface area contributed by atoms with Crippen molar-refractivity contribution >= 4 is 22.6 Å². The summed E-state index contributed by atoms with van der Waals surface area (Å²) in [4.78, 5) is 27.0. The van der Waals surface area contributed by atoms with E-state index in [0.717, 1.165) is 47.0 Å². The predicted octanol–water partition coefficient (Wildman–Crippen LogP) is 6.69. The fourth-order valence-electron chi connectivity index (χ4n) is 4.09. The number of ether oxygens (including phenoxy) is 2. The van der Waals surface area contributed by atoms with Crippen molar-refractivity contribution in [2.75, 3.05) is 20.3 Å². The molecule has 0 aliphatic rings. The van der Waals surface area contributed by atoms with Gasteiger partial charge in [-0.3, -0.25) is 14.6 Å². The largest absolute Gasteiger partial charge is 0.493 e. The number of carbonyl (C=O) groups is 2. The lowest BCUT2D eigenvalue weighted by Crippen LogP contribution is -2.35. The van der Waals surface area contributed by atoms with E-state index in [-0.39, 0.29) is 17.5 Å². The molecule has 1 N–H and O–H groups in total. The molecule has 0 saturated carbocycles. The molecule has 0 aliphatic heterocycles. The van der Waals surface area contributed by atoms with Gasteiger partial charge in [0.15, 0.2) is 17.3 Å². The fraction of sp³-hybridized carbons (Fsp3) is 0.375. The van der Waals surface area contributed by atoms with Crippen LogP contribution < -0.4 is 14.8 Å². The minimum absolute atomic E-state index is 0.0949. The first-order chi connectivity index (χ1) is 20.1. The van der Waals surface area contributed by atoms with Crippen LogP contribution in [0.2, 0.25) is 0 Å². The Kier molecular flexibility index (Phi) is 10.6. The van der Waals surface area contributed by atoms with Crippen molar-refractivity contribution in [2.45, 2.75) is 59.6 Å². The van der Waals surface area contributed by atoms with E-state index in [2.05, 4.69) is 32.1 Å². The molecule has 0 unspecified atom stereocenters. The monoisotopic (exact) mass is 599 g/mol. The summed E-state index contributed by atoms with van der Waals surface area (Å²) in [5.74, 6) is 1.09. The molecule has 0 saturated heterocycles. The number of pyridine rings is 1. The zero-order valence-electron chi connectivity index (χ0n) is 25.3. The van der Waals surface area contributed by atoms with Crippen LogP contribution in [0.4, 0.5) is 13.2 Å². The number of rotatable bonds is 9. The van der Waals surface area contributed by atoms with Gasteiger partial charge in [0.25, 0.3) is 0 Å². The molecule has 11 heteroatoms. The van der Waals surface area contributed by atoms with Crippen molar-refractivity contribution in [1.82, 2.24) is 15.5 Å². The lowest BCUT2D eigenvalue weighted by Gasteiger charge is -2.24. The second-order valence-corrected chi connectivity index (χ2v) is 10.7. The Morgan fingerprint density at radius 3 is 2.26 bits per heavy atom. The van der Waals surface area contributed by atoms with Gasteiger partial charge < -0.3 is 19.3 Å². The number of Topliss-reactive ketones (excluding diaryl/α,β-unsaturated/α-hetero) is 1. The molecule has 1 amide bonds. The van der Waals surface area contributed by atoms with Crippen molar-refractivity contribution in [1.29, 1.82) is 0 Å². The van der Waals surface area contributed by atoms with Gasteiger partial charge in [-0.1, -0.05) is 23.4 Å². The zero-order valence-corrected chi connectivity index (χ0v) is 25.3. The van der Waals surface area contributed by atoms with Crippen molar-refractivity contribution < 1.29 is 36.8 Å². The first-order valence-corrected chi connectivity index (χ1v) is 13.6. The molecule has 0 spiro atoms. The van der Waals surface area contributed by atoms with Crippen LogP contribution in [-0.2, 0) is 21.4 Å². The number of fused-ring (bicyclic) bond motifs is 1. The lowest BCUT2D eigenvalue weighted by atomic mass is 9.89.